The summed E-state index contributed by atoms with van der Waals surface area (Å²) < 4.78 is 2.93. The van der Waals surface area contributed by atoms with Gasteiger partial charge >= 0.3 is 0 Å². The van der Waals surface area contributed by atoms with E-state index in [9.17, 15) is 0 Å². The zero-order chi connectivity index (χ0) is 13.3. The highest BCUT2D eigenvalue weighted by Crippen LogP contribution is 2.27. The molecule has 0 amide bonds. The van der Waals surface area contributed by atoms with Crippen molar-refractivity contribution < 1.29 is 0 Å². The van der Waals surface area contributed by atoms with E-state index in [2.05, 4.69) is 32.0 Å². The zero-order valence-corrected chi connectivity index (χ0v) is 12.4. The van der Waals surface area contributed by atoms with Crippen molar-refractivity contribution in [3.8, 4) is 0 Å². The van der Waals surface area contributed by atoms with Crippen LogP contribution in [0, 0.1) is 6.92 Å². The maximum Gasteiger partial charge on any atom is 0.150 e. The first-order chi connectivity index (χ1) is 8.50. The van der Waals surface area contributed by atoms with Crippen LogP contribution in [0.15, 0.2) is 28.7 Å². The summed E-state index contributed by atoms with van der Waals surface area (Å²) in [6.07, 6.45) is 0. The molecule has 0 aliphatic rings. The highest BCUT2D eigenvalue weighted by Gasteiger charge is 2.15. The second-order valence-electron chi connectivity index (χ2n) is 4.39. The van der Waals surface area contributed by atoms with Crippen LogP contribution in [0.1, 0.15) is 11.3 Å². The average molecular weight is 309 g/mol. The van der Waals surface area contributed by atoms with Crippen molar-refractivity contribution in [2.75, 3.05) is 17.7 Å². The van der Waals surface area contributed by atoms with Gasteiger partial charge in [-0.2, -0.15) is 5.10 Å². The number of rotatable bonds is 3. The van der Waals surface area contributed by atoms with E-state index >= 15 is 0 Å². The van der Waals surface area contributed by atoms with E-state index in [-0.39, 0.29) is 0 Å². The Morgan fingerprint density at radius 2 is 2.06 bits per heavy atom. The third kappa shape index (κ3) is 2.36. The Hall–Kier alpha value is -1.49. The van der Waals surface area contributed by atoms with Gasteiger partial charge in [-0.05, 0) is 18.6 Å². The van der Waals surface area contributed by atoms with Crippen molar-refractivity contribution in [3.63, 3.8) is 0 Å². The SMILES string of the molecule is Cc1nn(C)c(N(C)Cc2ccccc2Br)c1N. The van der Waals surface area contributed by atoms with Crippen molar-refractivity contribution >= 4 is 27.4 Å². The molecule has 1 aromatic heterocycles. The molecule has 1 aromatic carbocycles. The molecule has 2 N–H and O–H groups in total. The second-order valence-corrected chi connectivity index (χ2v) is 5.25. The molecule has 2 rings (SSSR count). The Labute approximate surface area is 116 Å². The summed E-state index contributed by atoms with van der Waals surface area (Å²) in [5.74, 6) is 0.947. The molecule has 18 heavy (non-hydrogen) atoms. The summed E-state index contributed by atoms with van der Waals surface area (Å²) in [4.78, 5) is 2.11. The molecule has 1 heterocycles. The number of hydrogen-bond acceptors (Lipinski definition) is 3. The Bertz CT molecular complexity index is 562. The fourth-order valence-corrected chi connectivity index (χ4v) is 2.48. The molecule has 0 aliphatic carbocycles. The van der Waals surface area contributed by atoms with Crippen LogP contribution in [-0.2, 0) is 13.6 Å². The van der Waals surface area contributed by atoms with Crippen LogP contribution in [0.5, 0.6) is 0 Å². The van der Waals surface area contributed by atoms with Gasteiger partial charge in [-0.1, -0.05) is 34.1 Å². The standard InChI is InChI=1S/C13H17BrN4/c1-9-12(15)13(18(3)16-9)17(2)8-10-6-4-5-7-11(10)14/h4-7H,8,15H2,1-3H3. The van der Waals surface area contributed by atoms with E-state index in [1.54, 1.807) is 0 Å². The number of nitrogens with two attached hydrogens (primary N) is 1. The molecule has 0 aliphatic heterocycles. The first-order valence-corrected chi connectivity index (χ1v) is 6.53. The Kier molecular flexibility index (Phi) is 3.61. The largest absolute Gasteiger partial charge is 0.394 e. The minimum atomic E-state index is 0.743. The normalized spacial score (nSPS) is 10.7. The van der Waals surface area contributed by atoms with Gasteiger partial charge in [0.25, 0.3) is 0 Å². The molecule has 5 heteroatoms. The molecule has 4 nitrogen and oxygen atoms in total. The van der Waals surface area contributed by atoms with E-state index in [1.165, 1.54) is 5.56 Å². The second kappa shape index (κ2) is 5.02. The number of hydrogen-bond donors (Lipinski definition) is 1. The number of nitrogens with zero attached hydrogens (tertiary/aromatic N) is 3. The predicted molar refractivity (Wildman–Crippen MR) is 78.6 cm³/mol. The fraction of sp³-hybridized carbons (Fsp3) is 0.308. The topological polar surface area (TPSA) is 47.1 Å². The van der Waals surface area contributed by atoms with Gasteiger partial charge < -0.3 is 10.6 Å². The summed E-state index contributed by atoms with van der Waals surface area (Å²) in [6.45, 7) is 2.70. The van der Waals surface area contributed by atoms with Crippen molar-refractivity contribution in [1.82, 2.24) is 9.78 Å². The lowest BCUT2D eigenvalue weighted by Crippen LogP contribution is -2.20. The summed E-state index contributed by atoms with van der Waals surface area (Å²) >= 11 is 3.56. The van der Waals surface area contributed by atoms with Crippen LogP contribution < -0.4 is 10.6 Å². The number of aromatic nitrogens is 2. The Balaban J connectivity index is 2.28. The summed E-state index contributed by atoms with van der Waals surface area (Å²) in [5.41, 5.74) is 8.89. The lowest BCUT2D eigenvalue weighted by molar-refractivity contribution is 0.726. The molecule has 0 unspecified atom stereocenters. The zero-order valence-electron chi connectivity index (χ0n) is 10.8. The molecule has 0 atom stereocenters. The average Bonchev–Trinajstić information content (AvgIpc) is 2.56. The molecule has 0 saturated heterocycles. The van der Waals surface area contributed by atoms with E-state index in [0.29, 0.717) is 0 Å². The van der Waals surface area contributed by atoms with Crippen molar-refractivity contribution in [2.24, 2.45) is 7.05 Å². The molecule has 0 radical (unpaired) electrons. The first kappa shape index (κ1) is 13.0. The van der Waals surface area contributed by atoms with Gasteiger partial charge in [-0.15, -0.1) is 0 Å². The minimum Gasteiger partial charge on any atom is -0.394 e. The van der Waals surface area contributed by atoms with Gasteiger partial charge in [0.1, 0.15) is 5.82 Å². The van der Waals surface area contributed by atoms with Gasteiger partial charge in [-0.3, -0.25) is 4.68 Å². The van der Waals surface area contributed by atoms with Crippen LogP contribution in [0.3, 0.4) is 0 Å². The van der Waals surface area contributed by atoms with Crippen LogP contribution in [0.4, 0.5) is 11.5 Å². The number of benzene rings is 1. The number of nitrogen functional groups attached to an aromatic ring is 1. The molecule has 0 spiro atoms. The highest BCUT2D eigenvalue weighted by molar-refractivity contribution is 9.10. The molecule has 0 fully saturated rings. The number of halogens is 1. The lowest BCUT2D eigenvalue weighted by Gasteiger charge is -2.20. The fourth-order valence-electron chi connectivity index (χ4n) is 2.07. The quantitative estimate of drug-likeness (QED) is 0.948. The van der Waals surface area contributed by atoms with Crippen molar-refractivity contribution in [3.05, 3.63) is 40.0 Å². The van der Waals surface area contributed by atoms with Gasteiger partial charge in [-0.25, -0.2) is 0 Å². The van der Waals surface area contributed by atoms with E-state index in [0.717, 1.165) is 28.2 Å². The number of aryl methyl sites for hydroxylation is 2. The maximum atomic E-state index is 6.06. The lowest BCUT2D eigenvalue weighted by atomic mass is 10.2. The minimum absolute atomic E-state index is 0.743. The predicted octanol–water partition coefficient (Wildman–Crippen LogP) is 2.71. The molecule has 2 aromatic rings. The summed E-state index contributed by atoms with van der Waals surface area (Å²) in [7, 11) is 3.93. The molecule has 0 saturated carbocycles. The van der Waals surface area contributed by atoms with Crippen LogP contribution in [0.2, 0.25) is 0 Å². The van der Waals surface area contributed by atoms with E-state index in [4.69, 9.17) is 5.73 Å². The molecule has 0 bridgehead atoms. The first-order valence-electron chi connectivity index (χ1n) is 5.74. The van der Waals surface area contributed by atoms with Crippen molar-refractivity contribution in [2.45, 2.75) is 13.5 Å². The summed E-state index contributed by atoms with van der Waals surface area (Å²) in [6, 6.07) is 8.18. The van der Waals surface area contributed by atoms with Crippen LogP contribution >= 0.6 is 15.9 Å². The third-order valence-electron chi connectivity index (χ3n) is 2.96. The van der Waals surface area contributed by atoms with Gasteiger partial charge in [0.05, 0.1) is 11.4 Å². The van der Waals surface area contributed by atoms with Gasteiger partial charge in [0.2, 0.25) is 0 Å². The molecular formula is C13H17BrN4. The Morgan fingerprint density at radius 3 is 2.61 bits per heavy atom. The van der Waals surface area contributed by atoms with E-state index < -0.39 is 0 Å². The Morgan fingerprint density at radius 1 is 1.39 bits per heavy atom. The maximum absolute atomic E-state index is 6.06. The summed E-state index contributed by atoms with van der Waals surface area (Å²) in [5, 5.41) is 4.33. The molecule has 96 valence electrons. The van der Waals surface area contributed by atoms with Crippen molar-refractivity contribution in [1.29, 1.82) is 0 Å². The number of anilines is 2. The van der Waals surface area contributed by atoms with Gasteiger partial charge in [0, 0.05) is 25.1 Å². The van der Waals surface area contributed by atoms with Gasteiger partial charge in [0.15, 0.2) is 0 Å². The smallest absolute Gasteiger partial charge is 0.150 e. The van der Waals surface area contributed by atoms with Crippen LogP contribution in [-0.4, -0.2) is 16.8 Å². The van der Waals surface area contributed by atoms with Crippen LogP contribution in [0.25, 0.3) is 0 Å². The highest BCUT2D eigenvalue weighted by atomic mass is 79.9. The van der Waals surface area contributed by atoms with E-state index in [1.807, 2.05) is 43.9 Å². The monoisotopic (exact) mass is 308 g/mol. The third-order valence-corrected chi connectivity index (χ3v) is 3.74. The molecular weight excluding hydrogens is 292 g/mol.